The lowest BCUT2D eigenvalue weighted by molar-refractivity contribution is 0.313. The number of hydrogen-bond acceptors (Lipinski definition) is 4. The number of nitrogens with zero attached hydrogens (tertiary/aromatic N) is 4. The second-order valence-corrected chi connectivity index (χ2v) is 9.90. The molecule has 2 aromatic heterocycles. The molecule has 2 aromatic rings. The highest BCUT2D eigenvalue weighted by atomic mass is 15.3. The predicted molar refractivity (Wildman–Crippen MR) is 105 cm³/mol. The van der Waals surface area contributed by atoms with Gasteiger partial charge in [-0.1, -0.05) is 6.92 Å². The van der Waals surface area contributed by atoms with E-state index in [1.807, 2.05) is 6.20 Å². The van der Waals surface area contributed by atoms with Crippen molar-refractivity contribution in [3.63, 3.8) is 0 Å². The topological polar surface area (TPSA) is 48.1 Å². The summed E-state index contributed by atoms with van der Waals surface area (Å²) >= 11 is 0. The summed E-state index contributed by atoms with van der Waals surface area (Å²) in [6.45, 7) is 8.27. The summed E-state index contributed by atoms with van der Waals surface area (Å²) in [6, 6.07) is 2.11. The Kier molecular flexibility index (Phi) is 2.90. The molecule has 3 unspecified atom stereocenters. The maximum atomic E-state index is 5.16. The number of aromatic amines is 1. The molecule has 4 fully saturated rings. The van der Waals surface area contributed by atoms with Gasteiger partial charge >= 0.3 is 0 Å². The smallest absolute Gasteiger partial charge is 0.228 e. The largest absolute Gasteiger partial charge is 0.357 e. The molecule has 3 atom stereocenters. The third-order valence-electron chi connectivity index (χ3n) is 7.89. The Morgan fingerprint density at radius 2 is 2.04 bits per heavy atom. The number of rotatable bonds is 3. The van der Waals surface area contributed by atoms with Crippen LogP contribution in [0.2, 0.25) is 0 Å². The third kappa shape index (κ3) is 2.09. The minimum atomic E-state index is 0.280. The van der Waals surface area contributed by atoms with Gasteiger partial charge in [0.05, 0.1) is 5.52 Å². The number of nitrogens with one attached hydrogen (secondary N) is 1. The molecule has 0 radical (unpaired) electrons. The summed E-state index contributed by atoms with van der Waals surface area (Å²) in [5.41, 5.74) is 2.93. The maximum Gasteiger partial charge on any atom is 0.228 e. The highest BCUT2D eigenvalue weighted by Gasteiger charge is 2.49. The quantitative estimate of drug-likeness (QED) is 0.909. The van der Waals surface area contributed by atoms with Crippen LogP contribution in [0.4, 0.5) is 11.8 Å². The van der Waals surface area contributed by atoms with Crippen LogP contribution in [0.25, 0.3) is 11.0 Å². The first-order valence-corrected chi connectivity index (χ1v) is 10.4. The van der Waals surface area contributed by atoms with Gasteiger partial charge in [0.2, 0.25) is 5.95 Å². The Labute approximate surface area is 155 Å². The molecule has 4 aliphatic rings. The zero-order valence-corrected chi connectivity index (χ0v) is 16.0. The molecule has 5 heteroatoms. The van der Waals surface area contributed by atoms with Crippen LogP contribution in [-0.4, -0.2) is 40.1 Å². The number of anilines is 2. The Hall–Kier alpha value is -1.78. The van der Waals surface area contributed by atoms with Crippen molar-refractivity contribution >= 4 is 22.8 Å². The van der Waals surface area contributed by atoms with Crippen molar-refractivity contribution < 1.29 is 0 Å². The molecule has 0 aromatic carbocycles. The van der Waals surface area contributed by atoms with Gasteiger partial charge < -0.3 is 14.8 Å². The van der Waals surface area contributed by atoms with Crippen LogP contribution in [0.5, 0.6) is 0 Å². The van der Waals surface area contributed by atoms with Gasteiger partial charge in [-0.2, -0.15) is 4.98 Å². The van der Waals surface area contributed by atoms with Crippen LogP contribution in [-0.2, 0) is 0 Å². The first kappa shape index (κ1) is 15.3. The molecule has 2 saturated carbocycles. The molecule has 0 spiro atoms. The van der Waals surface area contributed by atoms with Gasteiger partial charge in [0.1, 0.15) is 5.52 Å². The van der Waals surface area contributed by atoms with Gasteiger partial charge in [0.15, 0.2) is 5.82 Å². The molecule has 2 aliphatic heterocycles. The van der Waals surface area contributed by atoms with E-state index in [1.165, 1.54) is 38.5 Å². The maximum absolute atomic E-state index is 5.16. The fourth-order valence-corrected chi connectivity index (χ4v) is 6.09. The van der Waals surface area contributed by atoms with Crippen molar-refractivity contribution in [1.29, 1.82) is 0 Å². The SMILES string of the molecule is CC1(C2CC2)CCN(c2nc(N3CC4CCC3(C)C4)c3[nH]ccc3n2)C1. The van der Waals surface area contributed by atoms with Gasteiger partial charge in [-0.3, -0.25) is 0 Å². The van der Waals surface area contributed by atoms with E-state index in [0.29, 0.717) is 5.41 Å². The summed E-state index contributed by atoms with van der Waals surface area (Å²) in [4.78, 5) is 18.5. The van der Waals surface area contributed by atoms with Gasteiger partial charge in [0.25, 0.3) is 0 Å². The van der Waals surface area contributed by atoms with Crippen LogP contribution >= 0.6 is 0 Å². The number of hydrogen-bond donors (Lipinski definition) is 1. The number of aromatic nitrogens is 3. The lowest BCUT2D eigenvalue weighted by Crippen LogP contribution is -2.43. The summed E-state index contributed by atoms with van der Waals surface area (Å²) in [6.07, 6.45) is 10.1. The average Bonchev–Trinajstić information content (AvgIpc) is 2.97. The molecule has 1 N–H and O–H groups in total. The van der Waals surface area contributed by atoms with E-state index in [0.717, 1.165) is 54.3 Å². The molecule has 2 bridgehead atoms. The molecule has 0 amide bonds. The molecule has 5 nitrogen and oxygen atoms in total. The van der Waals surface area contributed by atoms with Crippen LogP contribution in [0.3, 0.4) is 0 Å². The van der Waals surface area contributed by atoms with Gasteiger partial charge in [0, 0.05) is 31.4 Å². The van der Waals surface area contributed by atoms with E-state index >= 15 is 0 Å². The Morgan fingerprint density at radius 3 is 2.77 bits per heavy atom. The second kappa shape index (κ2) is 4.93. The summed E-state index contributed by atoms with van der Waals surface area (Å²) in [7, 11) is 0. The first-order valence-electron chi connectivity index (χ1n) is 10.4. The zero-order valence-electron chi connectivity index (χ0n) is 16.0. The van der Waals surface area contributed by atoms with E-state index in [4.69, 9.17) is 9.97 Å². The highest BCUT2D eigenvalue weighted by Crippen LogP contribution is 2.52. The number of fused-ring (bicyclic) bond motifs is 3. The third-order valence-corrected chi connectivity index (χ3v) is 7.89. The minimum Gasteiger partial charge on any atom is -0.357 e. The van der Waals surface area contributed by atoms with Crippen molar-refractivity contribution in [3.8, 4) is 0 Å². The lowest BCUT2D eigenvalue weighted by atomic mass is 9.84. The standard InChI is InChI=1S/C21H29N5/c1-20(15-3-4-15)8-10-25(13-20)19-23-16-6-9-22-17(16)18(24-19)26-12-14-5-7-21(26,2)11-14/h6,9,14-15,22H,3-5,7-8,10-13H2,1-2H3. The van der Waals surface area contributed by atoms with Crippen LogP contribution < -0.4 is 9.80 Å². The van der Waals surface area contributed by atoms with Crippen molar-refractivity contribution in [2.45, 2.75) is 57.9 Å². The molecular weight excluding hydrogens is 322 g/mol. The summed E-state index contributed by atoms with van der Waals surface area (Å²) in [5, 5.41) is 0. The number of H-pyrrole nitrogens is 1. The van der Waals surface area contributed by atoms with Gasteiger partial charge in [-0.25, -0.2) is 4.98 Å². The van der Waals surface area contributed by atoms with E-state index in [2.05, 4.69) is 34.7 Å². The normalized spacial score (nSPS) is 36.6. The molecule has 2 aliphatic carbocycles. The van der Waals surface area contributed by atoms with Crippen LogP contribution in [0, 0.1) is 17.3 Å². The molecule has 6 rings (SSSR count). The van der Waals surface area contributed by atoms with Gasteiger partial charge in [-0.15, -0.1) is 0 Å². The Bertz CT molecular complexity index is 870. The van der Waals surface area contributed by atoms with Crippen LogP contribution in [0.15, 0.2) is 12.3 Å². The van der Waals surface area contributed by atoms with Crippen molar-refractivity contribution in [2.75, 3.05) is 29.4 Å². The van der Waals surface area contributed by atoms with E-state index in [-0.39, 0.29) is 5.54 Å². The highest BCUT2D eigenvalue weighted by molar-refractivity contribution is 5.88. The Balaban J connectivity index is 1.40. The zero-order chi connectivity index (χ0) is 17.5. The van der Waals surface area contributed by atoms with Crippen molar-refractivity contribution in [3.05, 3.63) is 12.3 Å². The minimum absolute atomic E-state index is 0.280. The van der Waals surface area contributed by atoms with E-state index in [9.17, 15) is 0 Å². The number of piperidine rings is 1. The Morgan fingerprint density at radius 1 is 1.15 bits per heavy atom. The van der Waals surface area contributed by atoms with E-state index in [1.54, 1.807) is 0 Å². The van der Waals surface area contributed by atoms with Crippen LogP contribution in [0.1, 0.15) is 52.4 Å². The van der Waals surface area contributed by atoms with Crippen molar-refractivity contribution in [1.82, 2.24) is 15.0 Å². The predicted octanol–water partition coefficient (Wildman–Crippen LogP) is 3.96. The summed E-state index contributed by atoms with van der Waals surface area (Å²) in [5.74, 6) is 3.85. The monoisotopic (exact) mass is 351 g/mol. The van der Waals surface area contributed by atoms with E-state index < -0.39 is 0 Å². The molecule has 26 heavy (non-hydrogen) atoms. The van der Waals surface area contributed by atoms with Gasteiger partial charge in [-0.05, 0) is 68.8 Å². The lowest BCUT2D eigenvalue weighted by Gasteiger charge is -2.37. The molecular formula is C21H29N5. The molecule has 2 saturated heterocycles. The average molecular weight is 351 g/mol. The first-order chi connectivity index (χ1) is 12.5. The molecule has 4 heterocycles. The summed E-state index contributed by atoms with van der Waals surface area (Å²) < 4.78 is 0. The fourth-order valence-electron chi connectivity index (χ4n) is 6.09. The fraction of sp³-hybridized carbons (Fsp3) is 0.714. The molecule has 138 valence electrons. The second-order valence-electron chi connectivity index (χ2n) is 9.90. The van der Waals surface area contributed by atoms with Crippen molar-refractivity contribution in [2.24, 2.45) is 17.3 Å².